The highest BCUT2D eigenvalue weighted by atomic mass is 16.5. The zero-order valence-electron chi connectivity index (χ0n) is 10.1. The highest BCUT2D eigenvalue weighted by Crippen LogP contribution is 2.20. The maximum Gasteiger partial charge on any atom is 0.413 e. The lowest BCUT2D eigenvalue weighted by atomic mass is 10.1. The number of nitrogens with one attached hydrogen (secondary N) is 1. The number of aliphatic hydroxyl groups excluding tert-OH is 1. The first-order valence-electron chi connectivity index (χ1n) is 5.90. The normalized spacial score (nSPS) is 20.2. The Morgan fingerprint density at radius 3 is 2.94 bits per heavy atom. The predicted octanol–water partition coefficient (Wildman–Crippen LogP) is 0.106. The molecule has 0 radical (unpaired) electrons. The van der Waals surface area contributed by atoms with Gasteiger partial charge in [-0.25, -0.2) is 4.79 Å². The van der Waals surface area contributed by atoms with Crippen molar-refractivity contribution >= 4 is 12.0 Å². The Balaban J connectivity index is 2.33. The SMILES string of the molecule is COC(=O)NC(=O)CN1CCCC1CCCO. The smallest absolute Gasteiger partial charge is 0.413 e. The van der Waals surface area contributed by atoms with Gasteiger partial charge in [0.15, 0.2) is 0 Å². The number of aliphatic hydroxyl groups is 1. The van der Waals surface area contributed by atoms with E-state index in [0.717, 1.165) is 32.2 Å². The zero-order valence-corrected chi connectivity index (χ0v) is 10.1. The van der Waals surface area contributed by atoms with Crippen LogP contribution in [0.4, 0.5) is 4.79 Å². The molecule has 0 bridgehead atoms. The molecule has 0 saturated carbocycles. The molecule has 2 amide bonds. The number of carbonyl (C=O) groups excluding carboxylic acids is 2. The van der Waals surface area contributed by atoms with Crippen molar-refractivity contribution in [2.45, 2.75) is 31.7 Å². The summed E-state index contributed by atoms with van der Waals surface area (Å²) >= 11 is 0. The summed E-state index contributed by atoms with van der Waals surface area (Å²) < 4.78 is 4.35. The van der Waals surface area contributed by atoms with E-state index in [9.17, 15) is 9.59 Å². The molecular weight excluding hydrogens is 224 g/mol. The molecular formula is C11H20N2O4. The number of rotatable bonds is 5. The van der Waals surface area contributed by atoms with E-state index in [-0.39, 0.29) is 19.1 Å². The van der Waals surface area contributed by atoms with E-state index in [2.05, 4.69) is 10.1 Å². The summed E-state index contributed by atoms with van der Waals surface area (Å²) in [5, 5.41) is 10.9. The van der Waals surface area contributed by atoms with Crippen LogP contribution in [0.15, 0.2) is 0 Å². The molecule has 1 unspecified atom stereocenters. The minimum Gasteiger partial charge on any atom is -0.453 e. The first kappa shape index (κ1) is 13.9. The number of likely N-dealkylation sites (tertiary alicyclic amines) is 1. The van der Waals surface area contributed by atoms with E-state index in [1.54, 1.807) is 0 Å². The van der Waals surface area contributed by atoms with Crippen LogP contribution >= 0.6 is 0 Å². The molecule has 2 N–H and O–H groups in total. The Hall–Kier alpha value is -1.14. The zero-order chi connectivity index (χ0) is 12.7. The van der Waals surface area contributed by atoms with Gasteiger partial charge in [-0.1, -0.05) is 0 Å². The highest BCUT2D eigenvalue weighted by Gasteiger charge is 2.26. The molecule has 1 fully saturated rings. The Labute approximate surface area is 101 Å². The molecule has 0 aromatic rings. The number of hydrogen-bond acceptors (Lipinski definition) is 5. The van der Waals surface area contributed by atoms with Crippen molar-refractivity contribution in [3.8, 4) is 0 Å². The van der Waals surface area contributed by atoms with Gasteiger partial charge in [-0.2, -0.15) is 0 Å². The van der Waals surface area contributed by atoms with Crippen LogP contribution in [0.25, 0.3) is 0 Å². The summed E-state index contributed by atoms with van der Waals surface area (Å²) in [4.78, 5) is 24.4. The molecule has 6 nitrogen and oxygen atoms in total. The van der Waals surface area contributed by atoms with Crippen LogP contribution < -0.4 is 5.32 Å². The molecule has 98 valence electrons. The van der Waals surface area contributed by atoms with Gasteiger partial charge in [0, 0.05) is 12.6 Å². The largest absolute Gasteiger partial charge is 0.453 e. The third-order valence-corrected chi connectivity index (χ3v) is 2.97. The summed E-state index contributed by atoms with van der Waals surface area (Å²) in [6.45, 7) is 1.26. The minimum absolute atomic E-state index is 0.179. The third-order valence-electron chi connectivity index (χ3n) is 2.97. The van der Waals surface area contributed by atoms with Gasteiger partial charge in [0.1, 0.15) is 0 Å². The van der Waals surface area contributed by atoms with Crippen molar-refractivity contribution in [3.05, 3.63) is 0 Å². The summed E-state index contributed by atoms with van der Waals surface area (Å²) in [7, 11) is 1.22. The van der Waals surface area contributed by atoms with Crippen LogP contribution in [-0.4, -0.2) is 54.9 Å². The lowest BCUT2D eigenvalue weighted by Crippen LogP contribution is -2.42. The Bertz CT molecular complexity index is 270. The second kappa shape index (κ2) is 7.24. The maximum atomic E-state index is 11.5. The van der Waals surface area contributed by atoms with E-state index in [4.69, 9.17) is 5.11 Å². The average molecular weight is 244 g/mol. The number of methoxy groups -OCH3 is 1. The second-order valence-electron chi connectivity index (χ2n) is 4.17. The molecule has 1 atom stereocenters. The van der Waals surface area contributed by atoms with E-state index in [0.29, 0.717) is 6.04 Å². The van der Waals surface area contributed by atoms with E-state index in [1.807, 2.05) is 4.90 Å². The topological polar surface area (TPSA) is 78.9 Å². The lowest BCUT2D eigenvalue weighted by molar-refractivity contribution is -0.121. The van der Waals surface area contributed by atoms with Gasteiger partial charge in [-0.15, -0.1) is 0 Å². The maximum absolute atomic E-state index is 11.5. The predicted molar refractivity (Wildman–Crippen MR) is 61.5 cm³/mol. The van der Waals surface area contributed by atoms with E-state index < -0.39 is 6.09 Å². The van der Waals surface area contributed by atoms with Crippen LogP contribution in [0.1, 0.15) is 25.7 Å². The van der Waals surface area contributed by atoms with Crippen LogP contribution in [-0.2, 0) is 9.53 Å². The number of imide groups is 1. The molecule has 1 saturated heterocycles. The van der Waals surface area contributed by atoms with Gasteiger partial charge in [0.2, 0.25) is 5.91 Å². The molecule has 1 aliphatic heterocycles. The first-order chi connectivity index (χ1) is 8.17. The quantitative estimate of drug-likeness (QED) is 0.717. The average Bonchev–Trinajstić information content (AvgIpc) is 2.73. The molecule has 0 spiro atoms. The number of nitrogens with zero attached hydrogens (tertiary/aromatic N) is 1. The number of amides is 2. The van der Waals surface area contributed by atoms with Crippen molar-refractivity contribution in [3.63, 3.8) is 0 Å². The van der Waals surface area contributed by atoms with Crippen molar-refractivity contribution in [1.29, 1.82) is 0 Å². The van der Waals surface area contributed by atoms with Crippen molar-refractivity contribution in [1.82, 2.24) is 10.2 Å². The summed E-state index contributed by atoms with van der Waals surface area (Å²) in [6.07, 6.45) is 3.02. The highest BCUT2D eigenvalue weighted by molar-refractivity contribution is 5.92. The van der Waals surface area contributed by atoms with Gasteiger partial charge >= 0.3 is 6.09 Å². The first-order valence-corrected chi connectivity index (χ1v) is 5.90. The fraction of sp³-hybridized carbons (Fsp3) is 0.818. The van der Waals surface area contributed by atoms with E-state index >= 15 is 0 Å². The fourth-order valence-corrected chi connectivity index (χ4v) is 2.15. The summed E-state index contributed by atoms with van der Waals surface area (Å²) in [6, 6.07) is 0.338. The summed E-state index contributed by atoms with van der Waals surface area (Å²) in [5.74, 6) is -0.340. The Kier molecular flexibility index (Phi) is 5.93. The molecule has 0 aromatic carbocycles. The Morgan fingerprint density at radius 2 is 2.29 bits per heavy atom. The molecule has 0 aliphatic carbocycles. The minimum atomic E-state index is -0.721. The number of alkyl carbamates (subject to hydrolysis) is 1. The van der Waals surface area contributed by atoms with Crippen molar-refractivity contribution in [2.24, 2.45) is 0 Å². The number of carbonyl (C=O) groups is 2. The fourth-order valence-electron chi connectivity index (χ4n) is 2.15. The number of ether oxygens (including phenoxy) is 1. The Morgan fingerprint density at radius 1 is 1.53 bits per heavy atom. The van der Waals surface area contributed by atoms with Crippen LogP contribution in [0.3, 0.4) is 0 Å². The van der Waals surface area contributed by atoms with E-state index in [1.165, 1.54) is 7.11 Å². The summed E-state index contributed by atoms with van der Waals surface area (Å²) in [5.41, 5.74) is 0. The van der Waals surface area contributed by atoms with Gasteiger partial charge < -0.3 is 9.84 Å². The van der Waals surface area contributed by atoms with Gasteiger partial charge in [0.25, 0.3) is 0 Å². The standard InChI is InChI=1S/C11H20N2O4/c1-17-11(16)12-10(15)8-13-6-2-4-9(13)5-3-7-14/h9,14H,2-8H2,1H3,(H,12,15,16). The van der Waals surface area contributed by atoms with Crippen LogP contribution in [0.5, 0.6) is 0 Å². The molecule has 0 aromatic heterocycles. The van der Waals surface area contributed by atoms with Crippen molar-refractivity contribution < 1.29 is 19.4 Å². The van der Waals surface area contributed by atoms with Gasteiger partial charge in [-0.05, 0) is 32.2 Å². The van der Waals surface area contributed by atoms with Crippen molar-refractivity contribution in [2.75, 3.05) is 26.8 Å². The molecule has 1 rings (SSSR count). The molecule has 17 heavy (non-hydrogen) atoms. The number of hydrogen-bond donors (Lipinski definition) is 2. The second-order valence-corrected chi connectivity index (χ2v) is 4.17. The van der Waals surface area contributed by atoms with Crippen LogP contribution in [0.2, 0.25) is 0 Å². The van der Waals surface area contributed by atoms with Crippen LogP contribution in [0, 0.1) is 0 Å². The van der Waals surface area contributed by atoms with Gasteiger partial charge in [-0.3, -0.25) is 15.0 Å². The monoisotopic (exact) mass is 244 g/mol. The molecule has 1 heterocycles. The molecule has 1 aliphatic rings. The molecule has 6 heteroatoms. The van der Waals surface area contributed by atoms with Gasteiger partial charge in [0.05, 0.1) is 13.7 Å². The lowest BCUT2D eigenvalue weighted by Gasteiger charge is -2.23. The third kappa shape index (κ3) is 4.70.